The summed E-state index contributed by atoms with van der Waals surface area (Å²) >= 11 is 5.92. The topological polar surface area (TPSA) is 52.7 Å². The molecule has 22 heavy (non-hydrogen) atoms. The Kier molecular flexibility index (Phi) is 5.24. The van der Waals surface area contributed by atoms with Gasteiger partial charge in [-0.15, -0.1) is 0 Å². The lowest BCUT2D eigenvalue weighted by Gasteiger charge is -2.35. The molecule has 0 spiro atoms. The van der Waals surface area contributed by atoms with E-state index in [-0.39, 0.29) is 28.6 Å². The van der Waals surface area contributed by atoms with Gasteiger partial charge < -0.3 is 15.1 Å². The van der Waals surface area contributed by atoms with E-state index in [9.17, 15) is 14.0 Å². The van der Waals surface area contributed by atoms with E-state index in [1.54, 1.807) is 9.80 Å². The summed E-state index contributed by atoms with van der Waals surface area (Å²) in [7, 11) is 0. The van der Waals surface area contributed by atoms with Crippen LogP contribution in [0, 0.1) is 5.82 Å². The molecule has 1 fully saturated rings. The molecule has 120 valence electrons. The van der Waals surface area contributed by atoms with Crippen molar-refractivity contribution in [3.05, 3.63) is 34.6 Å². The summed E-state index contributed by atoms with van der Waals surface area (Å²) in [6.07, 6.45) is 0. The van der Waals surface area contributed by atoms with E-state index < -0.39 is 5.82 Å². The van der Waals surface area contributed by atoms with Gasteiger partial charge >= 0.3 is 6.03 Å². The molecule has 1 N–H and O–H groups in total. The van der Waals surface area contributed by atoms with Gasteiger partial charge in [-0.25, -0.2) is 9.18 Å². The van der Waals surface area contributed by atoms with Crippen LogP contribution in [0.3, 0.4) is 0 Å². The van der Waals surface area contributed by atoms with Crippen molar-refractivity contribution in [2.24, 2.45) is 0 Å². The minimum Gasteiger partial charge on any atom is -0.336 e. The van der Waals surface area contributed by atoms with E-state index in [0.29, 0.717) is 26.2 Å². The second kappa shape index (κ2) is 6.96. The van der Waals surface area contributed by atoms with E-state index in [1.165, 1.54) is 12.1 Å². The van der Waals surface area contributed by atoms with Gasteiger partial charge in [0.2, 0.25) is 0 Å². The number of rotatable bonds is 2. The predicted octanol–water partition coefficient (Wildman–Crippen LogP) is 2.35. The molecule has 0 aliphatic carbocycles. The summed E-state index contributed by atoms with van der Waals surface area (Å²) in [5, 5.41) is 2.93. The van der Waals surface area contributed by atoms with Crippen molar-refractivity contribution < 1.29 is 14.0 Å². The number of hydrogen-bond donors (Lipinski definition) is 1. The molecule has 1 heterocycles. The van der Waals surface area contributed by atoms with Crippen LogP contribution in [0.4, 0.5) is 9.18 Å². The highest BCUT2D eigenvalue weighted by molar-refractivity contribution is 6.33. The highest BCUT2D eigenvalue weighted by Gasteiger charge is 2.26. The number of nitrogens with one attached hydrogen (secondary N) is 1. The van der Waals surface area contributed by atoms with Crippen LogP contribution in [0.5, 0.6) is 0 Å². The van der Waals surface area contributed by atoms with E-state index >= 15 is 0 Å². The van der Waals surface area contributed by atoms with Gasteiger partial charge in [0.25, 0.3) is 5.91 Å². The monoisotopic (exact) mass is 327 g/mol. The molecule has 1 aromatic carbocycles. The zero-order chi connectivity index (χ0) is 16.3. The van der Waals surface area contributed by atoms with E-state index in [2.05, 4.69) is 5.32 Å². The van der Waals surface area contributed by atoms with Crippen LogP contribution in [0.2, 0.25) is 5.02 Å². The molecule has 0 radical (unpaired) electrons. The van der Waals surface area contributed by atoms with Gasteiger partial charge in [-0.05, 0) is 32.0 Å². The van der Waals surface area contributed by atoms with E-state index in [1.807, 2.05) is 13.8 Å². The van der Waals surface area contributed by atoms with Gasteiger partial charge in [-0.2, -0.15) is 0 Å². The van der Waals surface area contributed by atoms with Crippen molar-refractivity contribution in [2.75, 3.05) is 26.2 Å². The standard InChI is InChI=1S/C15H19ClFN3O2/c1-10(2)18-15(22)20-7-5-19(6-8-20)14(21)12-4-3-11(17)9-13(12)16/h3-4,9-10H,5-8H2,1-2H3,(H,18,22). The van der Waals surface area contributed by atoms with E-state index in [4.69, 9.17) is 11.6 Å². The molecular formula is C15H19ClFN3O2. The van der Waals surface area contributed by atoms with Gasteiger partial charge in [0.05, 0.1) is 10.6 Å². The van der Waals surface area contributed by atoms with Gasteiger partial charge in [-0.3, -0.25) is 4.79 Å². The van der Waals surface area contributed by atoms with Crippen molar-refractivity contribution in [1.29, 1.82) is 0 Å². The summed E-state index contributed by atoms with van der Waals surface area (Å²) in [6, 6.07) is 3.68. The smallest absolute Gasteiger partial charge is 0.317 e. The summed E-state index contributed by atoms with van der Waals surface area (Å²) < 4.78 is 13.0. The molecule has 0 saturated carbocycles. The third-order valence-corrected chi connectivity index (χ3v) is 3.74. The number of halogens is 2. The fourth-order valence-corrected chi connectivity index (χ4v) is 2.53. The molecule has 0 atom stereocenters. The number of piperazine rings is 1. The molecule has 1 aromatic rings. The lowest BCUT2D eigenvalue weighted by atomic mass is 10.1. The van der Waals surface area contributed by atoms with Crippen LogP contribution in [0.1, 0.15) is 24.2 Å². The van der Waals surface area contributed by atoms with Gasteiger partial charge in [0, 0.05) is 32.2 Å². The zero-order valence-electron chi connectivity index (χ0n) is 12.6. The maximum Gasteiger partial charge on any atom is 0.317 e. The highest BCUT2D eigenvalue weighted by atomic mass is 35.5. The Morgan fingerprint density at radius 1 is 1.18 bits per heavy atom. The Balaban J connectivity index is 1.96. The average Bonchev–Trinajstić information content (AvgIpc) is 2.46. The third-order valence-electron chi connectivity index (χ3n) is 3.43. The molecule has 2 rings (SSSR count). The number of carbonyl (C=O) groups is 2. The first-order valence-corrected chi connectivity index (χ1v) is 7.56. The van der Waals surface area contributed by atoms with Crippen molar-refractivity contribution in [3.63, 3.8) is 0 Å². The molecule has 3 amide bonds. The number of carbonyl (C=O) groups excluding carboxylic acids is 2. The van der Waals surface area contributed by atoms with Crippen molar-refractivity contribution in [2.45, 2.75) is 19.9 Å². The third kappa shape index (κ3) is 3.88. The highest BCUT2D eigenvalue weighted by Crippen LogP contribution is 2.19. The minimum atomic E-state index is -0.475. The van der Waals surface area contributed by atoms with Crippen LogP contribution < -0.4 is 5.32 Å². The quantitative estimate of drug-likeness (QED) is 0.906. The maximum absolute atomic E-state index is 13.0. The Bertz CT molecular complexity index is 572. The second-order valence-electron chi connectivity index (χ2n) is 5.51. The summed E-state index contributed by atoms with van der Waals surface area (Å²) in [5.74, 6) is -0.717. The molecule has 1 saturated heterocycles. The first-order chi connectivity index (χ1) is 10.4. The molecule has 0 bridgehead atoms. The van der Waals surface area contributed by atoms with Crippen molar-refractivity contribution in [1.82, 2.24) is 15.1 Å². The molecular weight excluding hydrogens is 309 g/mol. The Hall–Kier alpha value is -1.82. The van der Waals surface area contributed by atoms with Crippen LogP contribution in [0.15, 0.2) is 18.2 Å². The molecule has 7 heteroatoms. The van der Waals surface area contributed by atoms with Gasteiger partial charge in [0.1, 0.15) is 5.82 Å². The Morgan fingerprint density at radius 2 is 1.77 bits per heavy atom. The summed E-state index contributed by atoms with van der Waals surface area (Å²) in [6.45, 7) is 5.57. The van der Waals surface area contributed by atoms with Crippen LogP contribution in [-0.4, -0.2) is 54.0 Å². The van der Waals surface area contributed by atoms with Gasteiger partial charge in [-0.1, -0.05) is 11.6 Å². The average molecular weight is 328 g/mol. The van der Waals surface area contributed by atoms with Crippen LogP contribution in [0.25, 0.3) is 0 Å². The number of hydrogen-bond acceptors (Lipinski definition) is 2. The molecule has 1 aliphatic rings. The number of amides is 3. The molecule has 5 nitrogen and oxygen atoms in total. The Labute approximate surface area is 134 Å². The largest absolute Gasteiger partial charge is 0.336 e. The molecule has 1 aliphatic heterocycles. The first-order valence-electron chi connectivity index (χ1n) is 7.18. The number of nitrogens with zero attached hydrogens (tertiary/aromatic N) is 2. The lowest BCUT2D eigenvalue weighted by molar-refractivity contribution is 0.0664. The number of urea groups is 1. The van der Waals surface area contributed by atoms with Crippen LogP contribution in [-0.2, 0) is 0 Å². The second-order valence-corrected chi connectivity index (χ2v) is 5.91. The lowest BCUT2D eigenvalue weighted by Crippen LogP contribution is -2.54. The summed E-state index contributed by atoms with van der Waals surface area (Å²) in [4.78, 5) is 27.6. The normalized spacial score (nSPS) is 15.1. The van der Waals surface area contributed by atoms with Crippen molar-refractivity contribution >= 4 is 23.5 Å². The molecule has 0 unspecified atom stereocenters. The SMILES string of the molecule is CC(C)NC(=O)N1CCN(C(=O)c2ccc(F)cc2Cl)CC1. The fourth-order valence-electron chi connectivity index (χ4n) is 2.28. The summed E-state index contributed by atoms with van der Waals surface area (Å²) in [5.41, 5.74) is 0.281. The van der Waals surface area contributed by atoms with E-state index in [0.717, 1.165) is 6.07 Å². The minimum absolute atomic E-state index is 0.0742. The first kappa shape index (κ1) is 16.5. The predicted molar refractivity (Wildman–Crippen MR) is 82.6 cm³/mol. The fraction of sp³-hybridized carbons (Fsp3) is 0.467. The van der Waals surface area contributed by atoms with Crippen LogP contribution >= 0.6 is 11.6 Å². The maximum atomic E-state index is 13.0. The molecule has 0 aromatic heterocycles. The zero-order valence-corrected chi connectivity index (χ0v) is 13.4. The van der Waals surface area contributed by atoms with Crippen molar-refractivity contribution in [3.8, 4) is 0 Å². The Morgan fingerprint density at radius 3 is 2.32 bits per heavy atom. The van der Waals surface area contributed by atoms with Gasteiger partial charge in [0.15, 0.2) is 0 Å². The number of benzene rings is 1.